The molecular formula is C14H27N3O. The van der Waals surface area contributed by atoms with Gasteiger partial charge in [0.2, 0.25) is 5.91 Å². The number of nitrogens with two attached hydrogens (primary N) is 1. The summed E-state index contributed by atoms with van der Waals surface area (Å²) < 4.78 is 0. The van der Waals surface area contributed by atoms with Crippen molar-refractivity contribution in [3.63, 3.8) is 0 Å². The molecule has 0 radical (unpaired) electrons. The van der Waals surface area contributed by atoms with E-state index in [0.29, 0.717) is 6.54 Å². The van der Waals surface area contributed by atoms with Crippen molar-refractivity contribution in [2.24, 2.45) is 11.1 Å². The van der Waals surface area contributed by atoms with Crippen LogP contribution in [0.1, 0.15) is 44.9 Å². The van der Waals surface area contributed by atoms with Crippen molar-refractivity contribution in [3.05, 3.63) is 0 Å². The molecule has 1 amide bonds. The van der Waals surface area contributed by atoms with E-state index in [1.165, 1.54) is 32.4 Å². The Hall–Kier alpha value is -0.610. The number of likely N-dealkylation sites (tertiary alicyclic amines) is 1. The number of amides is 1. The van der Waals surface area contributed by atoms with Gasteiger partial charge in [-0.3, -0.25) is 4.79 Å². The van der Waals surface area contributed by atoms with Crippen LogP contribution in [0.5, 0.6) is 0 Å². The fourth-order valence-electron chi connectivity index (χ4n) is 3.27. The van der Waals surface area contributed by atoms with Crippen LogP contribution in [0.4, 0.5) is 0 Å². The molecule has 1 saturated carbocycles. The fourth-order valence-corrected chi connectivity index (χ4v) is 3.27. The van der Waals surface area contributed by atoms with E-state index >= 15 is 0 Å². The molecule has 104 valence electrons. The van der Waals surface area contributed by atoms with Crippen molar-refractivity contribution in [1.82, 2.24) is 10.2 Å². The van der Waals surface area contributed by atoms with Gasteiger partial charge < -0.3 is 16.0 Å². The number of carbonyl (C=O) groups is 1. The molecule has 1 aliphatic heterocycles. The number of hydrogen-bond donors (Lipinski definition) is 2. The molecule has 2 fully saturated rings. The third kappa shape index (κ3) is 3.23. The van der Waals surface area contributed by atoms with Crippen LogP contribution in [0.3, 0.4) is 0 Å². The minimum Gasteiger partial charge on any atom is -0.354 e. The lowest BCUT2D eigenvalue weighted by molar-refractivity contribution is -0.132. The van der Waals surface area contributed by atoms with Gasteiger partial charge in [-0.25, -0.2) is 0 Å². The zero-order valence-corrected chi connectivity index (χ0v) is 11.4. The predicted molar refractivity (Wildman–Crippen MR) is 73.3 cm³/mol. The largest absolute Gasteiger partial charge is 0.354 e. The molecule has 0 aromatic rings. The van der Waals surface area contributed by atoms with Crippen molar-refractivity contribution in [3.8, 4) is 0 Å². The minimum absolute atomic E-state index is 0.198. The Morgan fingerprint density at radius 3 is 2.39 bits per heavy atom. The second-order valence-electron chi connectivity index (χ2n) is 5.85. The predicted octanol–water partition coefficient (Wildman–Crippen LogP) is 1.11. The molecular weight excluding hydrogens is 226 g/mol. The quantitative estimate of drug-likeness (QED) is 0.771. The molecule has 0 spiro atoms. The van der Waals surface area contributed by atoms with E-state index in [1.54, 1.807) is 0 Å². The van der Waals surface area contributed by atoms with E-state index in [9.17, 15) is 4.79 Å². The monoisotopic (exact) mass is 253 g/mol. The molecule has 2 rings (SSSR count). The molecule has 0 atom stereocenters. The molecule has 0 bridgehead atoms. The van der Waals surface area contributed by atoms with Crippen LogP contribution in [-0.4, -0.2) is 43.5 Å². The van der Waals surface area contributed by atoms with Crippen molar-refractivity contribution in [2.45, 2.75) is 44.9 Å². The van der Waals surface area contributed by atoms with E-state index in [-0.39, 0.29) is 11.3 Å². The first-order valence-electron chi connectivity index (χ1n) is 7.48. The lowest BCUT2D eigenvalue weighted by Crippen LogP contribution is -2.48. The maximum absolute atomic E-state index is 12.3. The maximum Gasteiger partial charge on any atom is 0.227 e. The molecule has 1 saturated heterocycles. The number of nitrogens with zero attached hydrogens (tertiary/aromatic N) is 1. The van der Waals surface area contributed by atoms with Gasteiger partial charge in [-0.1, -0.05) is 19.3 Å². The molecule has 4 heteroatoms. The first kappa shape index (κ1) is 13.8. The van der Waals surface area contributed by atoms with Crippen LogP contribution in [-0.2, 0) is 4.79 Å². The van der Waals surface area contributed by atoms with Gasteiger partial charge in [-0.2, -0.15) is 0 Å². The summed E-state index contributed by atoms with van der Waals surface area (Å²) in [4.78, 5) is 14.7. The minimum atomic E-state index is -0.261. The summed E-state index contributed by atoms with van der Waals surface area (Å²) >= 11 is 0. The third-order valence-electron chi connectivity index (χ3n) is 4.60. The van der Waals surface area contributed by atoms with E-state index < -0.39 is 0 Å². The number of rotatable bonds is 5. The summed E-state index contributed by atoms with van der Waals surface area (Å²) in [6.07, 6.45) is 8.11. The SMILES string of the molecule is NCC1(C(=O)NCCN2CCCC2)CCCCC1. The fraction of sp³-hybridized carbons (Fsp3) is 0.929. The van der Waals surface area contributed by atoms with E-state index in [4.69, 9.17) is 5.73 Å². The standard InChI is InChI=1S/C14H27N3O/c15-12-14(6-2-1-3-7-14)13(18)16-8-11-17-9-4-5-10-17/h1-12,15H2,(H,16,18). The van der Waals surface area contributed by atoms with Crippen LogP contribution < -0.4 is 11.1 Å². The van der Waals surface area contributed by atoms with Gasteiger partial charge in [0.1, 0.15) is 0 Å². The van der Waals surface area contributed by atoms with Gasteiger partial charge in [-0.15, -0.1) is 0 Å². The Morgan fingerprint density at radius 1 is 1.11 bits per heavy atom. The molecule has 2 aliphatic rings. The molecule has 0 aromatic heterocycles. The van der Waals surface area contributed by atoms with E-state index in [2.05, 4.69) is 10.2 Å². The summed E-state index contributed by atoms with van der Waals surface area (Å²) in [6.45, 7) is 4.66. The first-order valence-corrected chi connectivity index (χ1v) is 7.48. The average molecular weight is 253 g/mol. The smallest absolute Gasteiger partial charge is 0.227 e. The second-order valence-corrected chi connectivity index (χ2v) is 5.85. The Bertz CT molecular complexity index is 268. The average Bonchev–Trinajstić information content (AvgIpc) is 2.92. The van der Waals surface area contributed by atoms with Crippen LogP contribution in [0.25, 0.3) is 0 Å². The summed E-state index contributed by atoms with van der Waals surface area (Å²) in [5.74, 6) is 0.198. The van der Waals surface area contributed by atoms with Gasteiger partial charge in [-0.05, 0) is 38.8 Å². The highest BCUT2D eigenvalue weighted by Gasteiger charge is 2.37. The Kier molecular flexibility index (Phi) is 5.01. The summed E-state index contributed by atoms with van der Waals surface area (Å²) in [5, 5.41) is 3.11. The van der Waals surface area contributed by atoms with Gasteiger partial charge >= 0.3 is 0 Å². The molecule has 4 nitrogen and oxygen atoms in total. The lowest BCUT2D eigenvalue weighted by atomic mass is 9.73. The maximum atomic E-state index is 12.3. The second kappa shape index (κ2) is 6.53. The normalized spacial score (nSPS) is 24.1. The zero-order valence-electron chi connectivity index (χ0n) is 11.4. The highest BCUT2D eigenvalue weighted by molar-refractivity contribution is 5.83. The number of carbonyl (C=O) groups excluding carboxylic acids is 1. The molecule has 1 heterocycles. The van der Waals surface area contributed by atoms with E-state index in [1.807, 2.05) is 0 Å². The van der Waals surface area contributed by atoms with Crippen molar-refractivity contribution < 1.29 is 4.79 Å². The van der Waals surface area contributed by atoms with Crippen LogP contribution in [0.2, 0.25) is 0 Å². The Morgan fingerprint density at radius 2 is 1.78 bits per heavy atom. The topological polar surface area (TPSA) is 58.4 Å². The summed E-state index contributed by atoms with van der Waals surface area (Å²) in [7, 11) is 0. The van der Waals surface area contributed by atoms with Crippen LogP contribution >= 0.6 is 0 Å². The number of nitrogens with one attached hydrogen (secondary N) is 1. The lowest BCUT2D eigenvalue weighted by Gasteiger charge is -2.34. The highest BCUT2D eigenvalue weighted by atomic mass is 16.2. The molecule has 18 heavy (non-hydrogen) atoms. The van der Waals surface area contributed by atoms with Crippen LogP contribution in [0, 0.1) is 5.41 Å². The van der Waals surface area contributed by atoms with Crippen molar-refractivity contribution in [1.29, 1.82) is 0 Å². The van der Waals surface area contributed by atoms with E-state index in [0.717, 1.165) is 38.8 Å². The molecule has 1 aliphatic carbocycles. The molecule has 3 N–H and O–H groups in total. The number of hydrogen-bond acceptors (Lipinski definition) is 3. The zero-order chi connectivity index (χ0) is 12.8. The summed E-state index contributed by atoms with van der Waals surface area (Å²) in [6, 6.07) is 0. The Labute approximate surface area is 110 Å². The van der Waals surface area contributed by atoms with Gasteiger partial charge in [0.25, 0.3) is 0 Å². The summed E-state index contributed by atoms with van der Waals surface area (Å²) in [5.41, 5.74) is 5.60. The van der Waals surface area contributed by atoms with Crippen molar-refractivity contribution in [2.75, 3.05) is 32.7 Å². The van der Waals surface area contributed by atoms with Crippen molar-refractivity contribution >= 4 is 5.91 Å². The van der Waals surface area contributed by atoms with Gasteiger partial charge in [0.15, 0.2) is 0 Å². The van der Waals surface area contributed by atoms with Gasteiger partial charge in [0, 0.05) is 19.6 Å². The van der Waals surface area contributed by atoms with Crippen LogP contribution in [0.15, 0.2) is 0 Å². The van der Waals surface area contributed by atoms with Gasteiger partial charge in [0.05, 0.1) is 5.41 Å². The molecule has 0 unspecified atom stereocenters. The first-order chi connectivity index (χ1) is 8.77. The highest BCUT2D eigenvalue weighted by Crippen LogP contribution is 2.35. The molecule has 0 aromatic carbocycles. The third-order valence-corrected chi connectivity index (χ3v) is 4.60. The Balaban J connectivity index is 1.74.